The van der Waals surface area contributed by atoms with Crippen molar-refractivity contribution in [3.05, 3.63) is 47.3 Å². The Bertz CT molecular complexity index is 536. The van der Waals surface area contributed by atoms with Crippen molar-refractivity contribution in [3.63, 3.8) is 0 Å². The van der Waals surface area contributed by atoms with Crippen LogP contribution in [0.15, 0.2) is 30.5 Å². The van der Waals surface area contributed by atoms with Crippen LogP contribution < -0.4 is 5.73 Å². The molecule has 0 unspecified atom stereocenters. The predicted molar refractivity (Wildman–Crippen MR) is 78.2 cm³/mol. The Balaban J connectivity index is 1.55. The Kier molecular flexibility index (Phi) is 4.08. The molecule has 1 aliphatic rings. The summed E-state index contributed by atoms with van der Waals surface area (Å²) in [6.07, 6.45) is 4.22. The summed E-state index contributed by atoms with van der Waals surface area (Å²) < 4.78 is 1.89. The largest absolute Gasteiger partial charge is 0.325 e. The normalized spacial score (nSPS) is 15.8. The number of aromatic nitrogens is 3. The van der Waals surface area contributed by atoms with Gasteiger partial charge in [-0.05, 0) is 24.0 Å². The molecule has 20 heavy (non-hydrogen) atoms. The number of hydrogen-bond donors (Lipinski definition) is 1. The summed E-state index contributed by atoms with van der Waals surface area (Å²) in [5.74, 6) is 0. The summed E-state index contributed by atoms with van der Waals surface area (Å²) in [5.41, 5.74) is 9.40. The molecule has 0 saturated carbocycles. The van der Waals surface area contributed by atoms with Crippen LogP contribution >= 0.6 is 0 Å². The number of hydrogen-bond acceptors (Lipinski definition) is 4. The third kappa shape index (κ3) is 3.05. The molecule has 0 radical (unpaired) electrons. The maximum atomic E-state index is 5.55. The molecule has 1 aromatic heterocycles. The molecular formula is C15H21N5. The lowest BCUT2D eigenvalue weighted by Gasteiger charge is -2.19. The third-order valence-electron chi connectivity index (χ3n) is 3.95. The van der Waals surface area contributed by atoms with E-state index in [2.05, 4.69) is 39.5 Å². The van der Waals surface area contributed by atoms with Gasteiger partial charge >= 0.3 is 0 Å². The number of benzene rings is 1. The maximum Gasteiger partial charge on any atom is 0.0962 e. The average Bonchev–Trinajstić information content (AvgIpc) is 2.85. The van der Waals surface area contributed by atoms with Crippen molar-refractivity contribution in [2.75, 3.05) is 19.6 Å². The van der Waals surface area contributed by atoms with Crippen LogP contribution in [0.1, 0.15) is 16.8 Å². The fraction of sp³-hybridized carbons (Fsp3) is 0.467. The molecule has 5 heteroatoms. The maximum absolute atomic E-state index is 5.55. The van der Waals surface area contributed by atoms with Gasteiger partial charge in [0.15, 0.2) is 0 Å². The van der Waals surface area contributed by atoms with E-state index >= 15 is 0 Å². The van der Waals surface area contributed by atoms with Gasteiger partial charge in [0.05, 0.1) is 12.2 Å². The Morgan fingerprint density at radius 3 is 2.35 bits per heavy atom. The van der Waals surface area contributed by atoms with Gasteiger partial charge in [0.1, 0.15) is 0 Å². The van der Waals surface area contributed by atoms with E-state index in [0.717, 1.165) is 44.7 Å². The standard InChI is InChI=1S/C15H21N5/c16-11-15-12-20(18-17-15)10-9-19-7-5-13-3-1-2-4-14(13)6-8-19/h1-4,12H,5-11,16H2. The van der Waals surface area contributed by atoms with Crippen molar-refractivity contribution in [1.82, 2.24) is 19.9 Å². The van der Waals surface area contributed by atoms with E-state index in [1.165, 1.54) is 11.1 Å². The number of nitrogens with zero attached hydrogens (tertiary/aromatic N) is 4. The van der Waals surface area contributed by atoms with Gasteiger partial charge < -0.3 is 10.6 Å². The van der Waals surface area contributed by atoms with Crippen LogP contribution in [0.25, 0.3) is 0 Å². The van der Waals surface area contributed by atoms with Crippen molar-refractivity contribution in [1.29, 1.82) is 0 Å². The highest BCUT2D eigenvalue weighted by Gasteiger charge is 2.13. The molecule has 0 saturated heterocycles. The zero-order valence-electron chi connectivity index (χ0n) is 11.7. The molecule has 0 amide bonds. The molecule has 3 rings (SSSR count). The number of fused-ring (bicyclic) bond motifs is 1. The van der Waals surface area contributed by atoms with Gasteiger partial charge in [0, 0.05) is 32.4 Å². The molecule has 2 N–H and O–H groups in total. The van der Waals surface area contributed by atoms with E-state index in [4.69, 9.17) is 5.73 Å². The quantitative estimate of drug-likeness (QED) is 0.895. The summed E-state index contributed by atoms with van der Waals surface area (Å²) in [5, 5.41) is 8.11. The van der Waals surface area contributed by atoms with Gasteiger partial charge in [-0.15, -0.1) is 5.10 Å². The zero-order chi connectivity index (χ0) is 13.8. The highest BCUT2D eigenvalue weighted by molar-refractivity contribution is 5.28. The molecule has 1 aliphatic heterocycles. The molecule has 0 fully saturated rings. The molecule has 0 spiro atoms. The minimum Gasteiger partial charge on any atom is -0.325 e. The first kappa shape index (κ1) is 13.3. The summed E-state index contributed by atoms with van der Waals surface area (Å²) in [4.78, 5) is 2.50. The van der Waals surface area contributed by atoms with Crippen molar-refractivity contribution < 1.29 is 0 Å². The smallest absolute Gasteiger partial charge is 0.0962 e. The number of rotatable bonds is 4. The lowest BCUT2D eigenvalue weighted by atomic mass is 10.0. The van der Waals surface area contributed by atoms with Crippen molar-refractivity contribution in [2.45, 2.75) is 25.9 Å². The van der Waals surface area contributed by atoms with Gasteiger partial charge in [-0.1, -0.05) is 29.5 Å². The van der Waals surface area contributed by atoms with Crippen LogP contribution in [0.3, 0.4) is 0 Å². The van der Waals surface area contributed by atoms with Crippen LogP contribution in [-0.2, 0) is 25.9 Å². The second-order valence-corrected chi connectivity index (χ2v) is 5.29. The second-order valence-electron chi connectivity index (χ2n) is 5.29. The summed E-state index contributed by atoms with van der Waals surface area (Å²) in [7, 11) is 0. The SMILES string of the molecule is NCc1cn(CCN2CCc3ccccc3CC2)nn1. The van der Waals surface area contributed by atoms with Crippen molar-refractivity contribution in [2.24, 2.45) is 5.73 Å². The molecule has 1 aromatic carbocycles. The van der Waals surface area contributed by atoms with E-state index < -0.39 is 0 Å². The molecule has 0 bridgehead atoms. The highest BCUT2D eigenvalue weighted by atomic mass is 15.4. The van der Waals surface area contributed by atoms with Crippen LogP contribution in [0, 0.1) is 0 Å². The Morgan fingerprint density at radius 1 is 1.05 bits per heavy atom. The first-order chi connectivity index (χ1) is 9.85. The molecule has 0 aliphatic carbocycles. The fourth-order valence-corrected chi connectivity index (χ4v) is 2.72. The molecule has 2 aromatic rings. The topological polar surface area (TPSA) is 60.0 Å². The van der Waals surface area contributed by atoms with Crippen LogP contribution in [-0.4, -0.2) is 39.5 Å². The van der Waals surface area contributed by atoms with Gasteiger partial charge in [0.25, 0.3) is 0 Å². The Hall–Kier alpha value is -1.72. The minimum absolute atomic E-state index is 0.457. The number of nitrogens with two attached hydrogens (primary N) is 1. The van der Waals surface area contributed by atoms with E-state index in [1.807, 2.05) is 10.9 Å². The van der Waals surface area contributed by atoms with Crippen molar-refractivity contribution >= 4 is 0 Å². The molecular weight excluding hydrogens is 250 g/mol. The van der Waals surface area contributed by atoms with Gasteiger partial charge in [0.2, 0.25) is 0 Å². The predicted octanol–water partition coefficient (Wildman–Crippen LogP) is 0.838. The van der Waals surface area contributed by atoms with Gasteiger partial charge in [-0.25, -0.2) is 0 Å². The van der Waals surface area contributed by atoms with Crippen LogP contribution in [0.5, 0.6) is 0 Å². The first-order valence-electron chi connectivity index (χ1n) is 7.23. The summed E-state index contributed by atoms with van der Waals surface area (Å²) >= 11 is 0. The first-order valence-corrected chi connectivity index (χ1v) is 7.23. The van der Waals surface area contributed by atoms with Gasteiger partial charge in [-0.3, -0.25) is 4.68 Å². The second kappa shape index (κ2) is 6.15. The Morgan fingerprint density at radius 2 is 1.75 bits per heavy atom. The van der Waals surface area contributed by atoms with E-state index in [9.17, 15) is 0 Å². The van der Waals surface area contributed by atoms with Crippen LogP contribution in [0.2, 0.25) is 0 Å². The summed E-state index contributed by atoms with van der Waals surface area (Å²) in [6.45, 7) is 4.59. The Labute approximate surface area is 119 Å². The van der Waals surface area contributed by atoms with E-state index in [0.29, 0.717) is 6.54 Å². The molecule has 5 nitrogen and oxygen atoms in total. The fourth-order valence-electron chi connectivity index (χ4n) is 2.72. The van der Waals surface area contributed by atoms with E-state index in [-0.39, 0.29) is 0 Å². The average molecular weight is 271 g/mol. The lowest BCUT2D eigenvalue weighted by Crippen LogP contribution is -2.30. The lowest BCUT2D eigenvalue weighted by molar-refractivity contribution is 0.269. The monoisotopic (exact) mass is 271 g/mol. The molecule has 0 atom stereocenters. The molecule has 106 valence electrons. The van der Waals surface area contributed by atoms with Crippen LogP contribution in [0.4, 0.5) is 0 Å². The van der Waals surface area contributed by atoms with E-state index in [1.54, 1.807) is 0 Å². The minimum atomic E-state index is 0.457. The van der Waals surface area contributed by atoms with Gasteiger partial charge in [-0.2, -0.15) is 0 Å². The third-order valence-corrected chi connectivity index (χ3v) is 3.95. The zero-order valence-corrected chi connectivity index (χ0v) is 11.7. The molecule has 2 heterocycles. The highest BCUT2D eigenvalue weighted by Crippen LogP contribution is 2.15. The summed E-state index contributed by atoms with van der Waals surface area (Å²) in [6, 6.07) is 8.78. The van der Waals surface area contributed by atoms with Crippen molar-refractivity contribution in [3.8, 4) is 0 Å².